The zero-order valence-electron chi connectivity index (χ0n) is 15.6. The molecule has 8 heteroatoms. The Morgan fingerprint density at radius 3 is 2.68 bits per heavy atom. The minimum atomic E-state index is -0.222. The van der Waals surface area contributed by atoms with E-state index in [2.05, 4.69) is 25.4 Å². The minimum Gasteiger partial charge on any atom is -0.379 e. The summed E-state index contributed by atoms with van der Waals surface area (Å²) in [6, 6.07) is 6.84. The number of nitrogens with one attached hydrogen (secondary N) is 1. The molecule has 1 saturated heterocycles. The molecule has 0 radical (unpaired) electrons. The number of morpholine rings is 1. The summed E-state index contributed by atoms with van der Waals surface area (Å²) in [6.45, 7) is 3.75. The summed E-state index contributed by atoms with van der Waals surface area (Å²) in [6.07, 6.45) is 6.06. The molecule has 2 aromatic heterocycles. The van der Waals surface area contributed by atoms with Crippen molar-refractivity contribution in [2.24, 2.45) is 0 Å². The van der Waals surface area contributed by atoms with Crippen LogP contribution in [0.1, 0.15) is 36.2 Å². The summed E-state index contributed by atoms with van der Waals surface area (Å²) in [7, 11) is 0. The maximum Gasteiger partial charge on any atom is 0.203 e. The topological polar surface area (TPSA) is 67.6 Å². The minimum absolute atomic E-state index is 0.0948. The number of fused-ring (bicyclic) bond motifs is 1. The van der Waals surface area contributed by atoms with Gasteiger partial charge in [-0.1, -0.05) is 12.1 Å². The van der Waals surface area contributed by atoms with Crippen molar-refractivity contribution >= 4 is 11.5 Å². The maximum atomic E-state index is 13.4. The molecular formula is C20H23FN6O. The highest BCUT2D eigenvalue weighted by molar-refractivity contribution is 5.62. The monoisotopic (exact) mass is 382 g/mol. The van der Waals surface area contributed by atoms with Gasteiger partial charge < -0.3 is 10.1 Å². The van der Waals surface area contributed by atoms with E-state index in [1.165, 1.54) is 25.0 Å². The van der Waals surface area contributed by atoms with Crippen LogP contribution in [-0.4, -0.2) is 57.3 Å². The molecule has 7 nitrogen and oxygen atoms in total. The van der Waals surface area contributed by atoms with Crippen molar-refractivity contribution < 1.29 is 9.13 Å². The molecule has 28 heavy (non-hydrogen) atoms. The fourth-order valence-corrected chi connectivity index (χ4v) is 3.81. The van der Waals surface area contributed by atoms with Crippen molar-refractivity contribution in [3.05, 3.63) is 53.9 Å². The lowest BCUT2D eigenvalue weighted by Crippen LogP contribution is -2.41. The molecule has 0 amide bonds. The Morgan fingerprint density at radius 1 is 1.14 bits per heavy atom. The van der Waals surface area contributed by atoms with Gasteiger partial charge in [-0.3, -0.25) is 9.30 Å². The molecule has 3 heterocycles. The Morgan fingerprint density at radius 2 is 1.93 bits per heavy atom. The number of benzene rings is 1. The average Bonchev–Trinajstić information content (AvgIpc) is 3.49. The first-order valence-corrected chi connectivity index (χ1v) is 9.80. The van der Waals surface area contributed by atoms with Crippen LogP contribution in [0.5, 0.6) is 0 Å². The van der Waals surface area contributed by atoms with Crippen LogP contribution in [0.15, 0.2) is 36.7 Å². The van der Waals surface area contributed by atoms with Crippen molar-refractivity contribution in [3.63, 3.8) is 0 Å². The number of rotatable bonds is 6. The normalized spacial score (nSPS) is 19.0. The molecule has 1 N–H and O–H groups in total. The Hall–Kier alpha value is -2.58. The van der Waals surface area contributed by atoms with Gasteiger partial charge in [-0.15, -0.1) is 10.2 Å². The van der Waals surface area contributed by atoms with Crippen LogP contribution >= 0.6 is 0 Å². The van der Waals surface area contributed by atoms with Crippen LogP contribution in [0, 0.1) is 5.82 Å². The molecule has 1 unspecified atom stereocenters. The molecular weight excluding hydrogens is 359 g/mol. The number of halogens is 1. The van der Waals surface area contributed by atoms with E-state index < -0.39 is 0 Å². The molecule has 0 spiro atoms. The Bertz CT molecular complexity index is 949. The van der Waals surface area contributed by atoms with Crippen LogP contribution in [0.4, 0.5) is 10.2 Å². The highest BCUT2D eigenvalue weighted by Crippen LogP contribution is 2.39. The van der Waals surface area contributed by atoms with Gasteiger partial charge in [0.25, 0.3) is 0 Å². The van der Waals surface area contributed by atoms with E-state index in [0.717, 1.165) is 35.9 Å². The van der Waals surface area contributed by atoms with Gasteiger partial charge in [0.05, 0.1) is 19.3 Å². The van der Waals surface area contributed by atoms with Gasteiger partial charge in [0.1, 0.15) is 11.6 Å². The maximum absolute atomic E-state index is 13.4. The molecule has 1 aliphatic heterocycles. The van der Waals surface area contributed by atoms with E-state index in [-0.39, 0.29) is 11.9 Å². The Kier molecular flexibility index (Phi) is 4.66. The van der Waals surface area contributed by atoms with Gasteiger partial charge in [0, 0.05) is 37.9 Å². The van der Waals surface area contributed by atoms with Crippen molar-refractivity contribution in [3.8, 4) is 0 Å². The third-order valence-electron chi connectivity index (χ3n) is 5.50. The van der Waals surface area contributed by atoms with Gasteiger partial charge >= 0.3 is 0 Å². The van der Waals surface area contributed by atoms with E-state index in [1.807, 2.05) is 22.7 Å². The van der Waals surface area contributed by atoms with Crippen LogP contribution in [-0.2, 0) is 4.74 Å². The zero-order valence-corrected chi connectivity index (χ0v) is 15.6. The third-order valence-corrected chi connectivity index (χ3v) is 5.50. The number of aromatic nitrogens is 4. The lowest BCUT2D eigenvalue weighted by atomic mass is 10.0. The average molecular weight is 382 g/mol. The number of anilines is 1. The first-order chi connectivity index (χ1) is 13.8. The lowest BCUT2D eigenvalue weighted by Gasteiger charge is -2.35. The SMILES string of the molecule is Fc1ccc(C(CNc2nccn3c(C4CC4)nnc23)N2CCOCC2)cc1. The van der Waals surface area contributed by atoms with Gasteiger partial charge in [0.2, 0.25) is 5.65 Å². The summed E-state index contributed by atoms with van der Waals surface area (Å²) >= 11 is 0. The van der Waals surface area contributed by atoms with Crippen molar-refractivity contribution in [1.29, 1.82) is 0 Å². The summed E-state index contributed by atoms with van der Waals surface area (Å²) in [5.74, 6) is 2.04. The third kappa shape index (κ3) is 3.45. The number of hydrogen-bond donors (Lipinski definition) is 1. The number of hydrogen-bond acceptors (Lipinski definition) is 6. The highest BCUT2D eigenvalue weighted by atomic mass is 19.1. The molecule has 3 aromatic rings. The summed E-state index contributed by atoms with van der Waals surface area (Å²) < 4.78 is 20.9. The molecule has 1 atom stereocenters. The molecule has 1 saturated carbocycles. The first kappa shape index (κ1) is 17.5. The van der Waals surface area contributed by atoms with Gasteiger partial charge in [-0.05, 0) is 30.5 Å². The van der Waals surface area contributed by atoms with Crippen molar-refractivity contribution in [2.45, 2.75) is 24.8 Å². The first-order valence-electron chi connectivity index (χ1n) is 9.80. The second kappa shape index (κ2) is 7.44. The van der Waals surface area contributed by atoms with Crippen LogP contribution in [0.3, 0.4) is 0 Å². The molecule has 1 aromatic carbocycles. The molecule has 2 fully saturated rings. The van der Waals surface area contributed by atoms with Gasteiger partial charge in [-0.2, -0.15) is 0 Å². The number of ether oxygens (including phenoxy) is 1. The second-order valence-electron chi connectivity index (χ2n) is 7.40. The van der Waals surface area contributed by atoms with E-state index in [4.69, 9.17) is 4.74 Å². The summed E-state index contributed by atoms with van der Waals surface area (Å²) in [5.41, 5.74) is 1.83. The van der Waals surface area contributed by atoms with E-state index in [0.29, 0.717) is 25.7 Å². The molecule has 5 rings (SSSR count). The largest absolute Gasteiger partial charge is 0.379 e. The fourth-order valence-electron chi connectivity index (χ4n) is 3.81. The quantitative estimate of drug-likeness (QED) is 0.707. The van der Waals surface area contributed by atoms with Crippen LogP contribution in [0.2, 0.25) is 0 Å². The lowest BCUT2D eigenvalue weighted by molar-refractivity contribution is 0.0187. The summed E-state index contributed by atoms with van der Waals surface area (Å²) in [5, 5.41) is 12.2. The van der Waals surface area contributed by atoms with Crippen LogP contribution < -0.4 is 5.32 Å². The molecule has 1 aliphatic carbocycles. The van der Waals surface area contributed by atoms with Crippen LogP contribution in [0.25, 0.3) is 5.65 Å². The van der Waals surface area contributed by atoms with E-state index >= 15 is 0 Å². The molecule has 2 aliphatic rings. The summed E-state index contributed by atoms with van der Waals surface area (Å²) in [4.78, 5) is 6.85. The Labute approximate surface area is 162 Å². The highest BCUT2D eigenvalue weighted by Gasteiger charge is 2.29. The predicted octanol–water partition coefficient (Wildman–Crippen LogP) is 2.63. The predicted molar refractivity (Wildman–Crippen MR) is 103 cm³/mol. The molecule has 146 valence electrons. The van der Waals surface area contributed by atoms with Crippen molar-refractivity contribution in [2.75, 3.05) is 38.2 Å². The molecule has 0 bridgehead atoms. The van der Waals surface area contributed by atoms with Gasteiger partial charge in [0.15, 0.2) is 5.82 Å². The standard InChI is InChI=1S/C20H23FN6O/c21-16-5-3-14(4-6-16)17(26-9-11-28-12-10-26)13-23-18-20-25-24-19(15-1-2-15)27(20)8-7-22-18/h3-8,15,17H,1-2,9-13H2,(H,22,23). The van der Waals surface area contributed by atoms with Gasteiger partial charge in [-0.25, -0.2) is 9.37 Å². The van der Waals surface area contributed by atoms with E-state index in [1.54, 1.807) is 6.20 Å². The smallest absolute Gasteiger partial charge is 0.203 e. The van der Waals surface area contributed by atoms with Crippen molar-refractivity contribution in [1.82, 2.24) is 24.5 Å². The Balaban J connectivity index is 1.40. The second-order valence-corrected chi connectivity index (χ2v) is 7.40. The van der Waals surface area contributed by atoms with E-state index in [9.17, 15) is 4.39 Å². The number of nitrogens with zero attached hydrogens (tertiary/aromatic N) is 5. The fraction of sp³-hybridized carbons (Fsp3) is 0.450. The zero-order chi connectivity index (χ0) is 18.9.